The van der Waals surface area contributed by atoms with E-state index in [4.69, 9.17) is 14.9 Å². The molecule has 0 aliphatic rings. The van der Waals surface area contributed by atoms with Crippen LogP contribution in [0.5, 0.6) is 0 Å². The van der Waals surface area contributed by atoms with Crippen LogP contribution >= 0.6 is 21.6 Å². The maximum Gasteiger partial charge on any atom is 0.313 e. The first-order valence-corrected chi connectivity index (χ1v) is 15.5. The molecule has 0 aromatic carbocycles. The Morgan fingerprint density at radius 3 is 1.85 bits per heavy atom. The summed E-state index contributed by atoms with van der Waals surface area (Å²) in [5.41, 5.74) is 0. The molecule has 0 amide bonds. The van der Waals surface area contributed by atoms with Gasteiger partial charge in [-0.15, -0.1) is 0 Å². The van der Waals surface area contributed by atoms with Gasteiger partial charge in [0.1, 0.15) is 6.61 Å². The van der Waals surface area contributed by atoms with Crippen molar-refractivity contribution in [1.29, 1.82) is 0 Å². The minimum absolute atomic E-state index is 0.127. The number of carboxylic acids is 1. The molecule has 194 valence electrons. The number of hydrogen-bond donors (Lipinski definition) is 2. The average Bonchev–Trinajstić information content (AvgIpc) is 2.79. The van der Waals surface area contributed by atoms with Crippen LogP contribution in [0.1, 0.15) is 110 Å². The average molecular weight is 505 g/mol. The SMILES string of the molecule is CCCCCCCCCCCCCCCCC=CC(CC(=O)O)C(=O)OCCSSCCO. The van der Waals surface area contributed by atoms with Crippen LogP contribution in [-0.4, -0.2) is 46.9 Å². The number of unbranched alkanes of at least 4 members (excludes halogenated alkanes) is 14. The van der Waals surface area contributed by atoms with Gasteiger partial charge in [-0.05, 0) is 12.8 Å². The number of carboxylic acid groups (broad SMARTS) is 1. The molecule has 0 aromatic rings. The normalized spacial score (nSPS) is 12.3. The lowest BCUT2D eigenvalue weighted by Gasteiger charge is -2.10. The van der Waals surface area contributed by atoms with Crippen molar-refractivity contribution in [3.8, 4) is 0 Å². The van der Waals surface area contributed by atoms with E-state index in [9.17, 15) is 9.59 Å². The zero-order valence-electron chi connectivity index (χ0n) is 20.8. The lowest BCUT2D eigenvalue weighted by atomic mass is 10.0. The predicted octanol–water partition coefficient (Wildman–Crippen LogP) is 7.42. The molecular formula is C26H48O5S2. The van der Waals surface area contributed by atoms with Gasteiger partial charge >= 0.3 is 11.9 Å². The molecule has 0 fully saturated rings. The lowest BCUT2D eigenvalue weighted by Crippen LogP contribution is -2.20. The van der Waals surface area contributed by atoms with Crippen molar-refractivity contribution in [3.63, 3.8) is 0 Å². The maximum absolute atomic E-state index is 12.2. The van der Waals surface area contributed by atoms with Gasteiger partial charge < -0.3 is 14.9 Å². The van der Waals surface area contributed by atoms with Crippen molar-refractivity contribution in [2.75, 3.05) is 24.7 Å². The summed E-state index contributed by atoms with van der Waals surface area (Å²) in [6.45, 7) is 2.64. The van der Waals surface area contributed by atoms with Crippen LogP contribution in [0.4, 0.5) is 0 Å². The van der Waals surface area contributed by atoms with Gasteiger partial charge in [0.2, 0.25) is 0 Å². The number of aliphatic hydroxyl groups excluding tert-OH is 1. The summed E-state index contributed by atoms with van der Waals surface area (Å²) in [5.74, 6) is -0.918. The number of rotatable bonds is 25. The van der Waals surface area contributed by atoms with Gasteiger partial charge in [-0.25, -0.2) is 0 Å². The zero-order valence-corrected chi connectivity index (χ0v) is 22.4. The van der Waals surface area contributed by atoms with Crippen molar-refractivity contribution in [3.05, 3.63) is 12.2 Å². The van der Waals surface area contributed by atoms with E-state index in [1.807, 2.05) is 6.08 Å². The van der Waals surface area contributed by atoms with Crippen LogP contribution in [0, 0.1) is 5.92 Å². The molecule has 33 heavy (non-hydrogen) atoms. The van der Waals surface area contributed by atoms with E-state index in [2.05, 4.69) is 6.92 Å². The Bertz CT molecular complexity index is 485. The number of aliphatic carboxylic acids is 1. The third-order valence-electron chi connectivity index (χ3n) is 5.46. The third kappa shape index (κ3) is 24.3. The quantitative estimate of drug-likeness (QED) is 0.0579. The number of allylic oxidation sites excluding steroid dienone is 1. The van der Waals surface area contributed by atoms with E-state index in [0.29, 0.717) is 11.5 Å². The van der Waals surface area contributed by atoms with Gasteiger partial charge in [-0.1, -0.05) is 124 Å². The monoisotopic (exact) mass is 504 g/mol. The highest BCUT2D eigenvalue weighted by Gasteiger charge is 2.20. The van der Waals surface area contributed by atoms with Crippen LogP contribution < -0.4 is 0 Å². The molecule has 1 atom stereocenters. The van der Waals surface area contributed by atoms with E-state index in [-0.39, 0.29) is 19.6 Å². The highest BCUT2D eigenvalue weighted by molar-refractivity contribution is 8.76. The predicted molar refractivity (Wildman–Crippen MR) is 143 cm³/mol. The van der Waals surface area contributed by atoms with Gasteiger partial charge in [-0.3, -0.25) is 9.59 Å². The van der Waals surface area contributed by atoms with Crippen molar-refractivity contribution >= 4 is 33.5 Å². The standard InChI is InChI=1S/C26H48O5S2/c1-2-3-4-5-6-7-8-9-10-11-12-13-14-15-16-17-18-24(23-25(28)29)26(30)31-20-22-33-32-21-19-27/h17-18,24,27H,2-16,19-23H2,1H3,(H,28,29). The number of carbonyl (C=O) groups excluding carboxylic acids is 1. The molecule has 0 saturated carbocycles. The second kappa shape index (κ2) is 26.0. The van der Waals surface area contributed by atoms with Crippen molar-refractivity contribution in [2.45, 2.75) is 110 Å². The van der Waals surface area contributed by atoms with Gasteiger partial charge in [-0.2, -0.15) is 0 Å². The molecule has 5 nitrogen and oxygen atoms in total. The largest absolute Gasteiger partial charge is 0.481 e. The van der Waals surface area contributed by atoms with Crippen molar-refractivity contribution < 1.29 is 24.5 Å². The highest BCUT2D eigenvalue weighted by Crippen LogP contribution is 2.20. The third-order valence-corrected chi connectivity index (χ3v) is 7.81. The molecule has 0 heterocycles. The maximum atomic E-state index is 12.2. The van der Waals surface area contributed by atoms with E-state index < -0.39 is 17.9 Å². The van der Waals surface area contributed by atoms with E-state index in [1.165, 1.54) is 105 Å². The summed E-state index contributed by atoms with van der Waals surface area (Å²) in [4.78, 5) is 23.2. The Labute approximate surface area is 210 Å². The molecule has 0 bridgehead atoms. The molecule has 0 aliphatic carbocycles. The molecule has 0 radical (unpaired) electrons. The number of carbonyl (C=O) groups is 2. The summed E-state index contributed by atoms with van der Waals surface area (Å²) in [7, 11) is 3.05. The van der Waals surface area contributed by atoms with Gasteiger partial charge in [0.15, 0.2) is 0 Å². The number of aliphatic hydroxyl groups is 1. The fourth-order valence-corrected chi connectivity index (χ4v) is 5.17. The van der Waals surface area contributed by atoms with E-state index >= 15 is 0 Å². The summed E-state index contributed by atoms with van der Waals surface area (Å²) < 4.78 is 5.21. The van der Waals surface area contributed by atoms with Crippen LogP contribution in [0.25, 0.3) is 0 Å². The summed E-state index contributed by atoms with van der Waals surface area (Å²) in [5, 5.41) is 17.8. The summed E-state index contributed by atoms with van der Waals surface area (Å²) in [6.07, 6.45) is 22.8. The Balaban J connectivity index is 3.72. The summed E-state index contributed by atoms with van der Waals surface area (Å²) >= 11 is 0. The minimum Gasteiger partial charge on any atom is -0.481 e. The molecule has 1 unspecified atom stereocenters. The Hall–Kier alpha value is -0.660. The molecule has 0 rings (SSSR count). The smallest absolute Gasteiger partial charge is 0.313 e. The Morgan fingerprint density at radius 2 is 1.33 bits per heavy atom. The van der Waals surface area contributed by atoms with Crippen LogP contribution in [-0.2, 0) is 14.3 Å². The van der Waals surface area contributed by atoms with E-state index in [1.54, 1.807) is 6.08 Å². The summed E-state index contributed by atoms with van der Waals surface area (Å²) in [6, 6.07) is 0. The Morgan fingerprint density at radius 1 is 0.818 bits per heavy atom. The van der Waals surface area contributed by atoms with Crippen molar-refractivity contribution in [2.24, 2.45) is 5.92 Å². The molecule has 0 aromatic heterocycles. The highest BCUT2D eigenvalue weighted by atomic mass is 33.1. The molecular weight excluding hydrogens is 456 g/mol. The molecule has 7 heteroatoms. The van der Waals surface area contributed by atoms with Crippen LogP contribution in [0.2, 0.25) is 0 Å². The van der Waals surface area contributed by atoms with Gasteiger partial charge in [0, 0.05) is 11.5 Å². The molecule has 0 spiro atoms. The number of esters is 1. The second-order valence-corrected chi connectivity index (χ2v) is 11.3. The lowest BCUT2D eigenvalue weighted by molar-refractivity contribution is -0.150. The first-order chi connectivity index (χ1) is 16.1. The van der Waals surface area contributed by atoms with Crippen molar-refractivity contribution in [1.82, 2.24) is 0 Å². The number of ether oxygens (including phenoxy) is 1. The zero-order chi connectivity index (χ0) is 24.4. The molecule has 0 saturated heterocycles. The van der Waals surface area contributed by atoms with Gasteiger partial charge in [0.25, 0.3) is 0 Å². The fourth-order valence-electron chi connectivity index (χ4n) is 3.57. The van der Waals surface area contributed by atoms with Gasteiger partial charge in [0.05, 0.1) is 18.9 Å². The van der Waals surface area contributed by atoms with Crippen LogP contribution in [0.15, 0.2) is 12.2 Å². The molecule has 2 N–H and O–H groups in total. The fraction of sp³-hybridized carbons (Fsp3) is 0.846. The topological polar surface area (TPSA) is 83.8 Å². The minimum atomic E-state index is -0.994. The van der Waals surface area contributed by atoms with Crippen LogP contribution in [0.3, 0.4) is 0 Å². The first kappa shape index (κ1) is 32.3. The first-order valence-electron chi connectivity index (χ1n) is 13.0. The van der Waals surface area contributed by atoms with E-state index in [0.717, 1.165) is 12.8 Å². The Kier molecular flexibility index (Phi) is 25.4. The number of hydrogen-bond acceptors (Lipinski definition) is 6. The molecule has 0 aliphatic heterocycles. The second-order valence-electron chi connectivity index (χ2n) is 8.55.